The minimum absolute atomic E-state index is 0.0614. The molecule has 0 spiro atoms. The predicted octanol–water partition coefficient (Wildman–Crippen LogP) is 2.77. The molecule has 0 fully saturated rings. The van der Waals surface area contributed by atoms with Gasteiger partial charge in [-0.15, -0.1) is 0 Å². The largest absolute Gasteiger partial charge is 0.477 e. The van der Waals surface area contributed by atoms with Crippen molar-refractivity contribution in [2.75, 3.05) is 4.72 Å². The number of aromatic carboxylic acids is 1. The van der Waals surface area contributed by atoms with E-state index in [-0.39, 0.29) is 10.6 Å². The van der Waals surface area contributed by atoms with Crippen molar-refractivity contribution < 1.29 is 18.3 Å². The van der Waals surface area contributed by atoms with Crippen molar-refractivity contribution in [3.63, 3.8) is 0 Å². The highest BCUT2D eigenvalue weighted by molar-refractivity contribution is 9.10. The molecule has 2 N–H and O–H groups in total. The normalized spacial score (nSPS) is 11.3. The average molecular weight is 373 g/mol. The molecule has 0 amide bonds. The van der Waals surface area contributed by atoms with E-state index in [0.29, 0.717) is 12.2 Å². The van der Waals surface area contributed by atoms with Crippen LogP contribution in [-0.2, 0) is 16.6 Å². The maximum Gasteiger partial charge on any atom is 0.352 e. The van der Waals surface area contributed by atoms with E-state index >= 15 is 0 Å². The molecule has 0 unspecified atom stereocenters. The first-order valence-corrected chi connectivity index (χ1v) is 8.33. The number of benzene rings is 1. The van der Waals surface area contributed by atoms with Gasteiger partial charge >= 0.3 is 5.97 Å². The van der Waals surface area contributed by atoms with Crippen LogP contribution in [0.25, 0.3) is 0 Å². The Hall–Kier alpha value is -1.80. The van der Waals surface area contributed by atoms with Crippen LogP contribution in [0.1, 0.15) is 17.4 Å². The van der Waals surface area contributed by atoms with Crippen LogP contribution in [0.4, 0.5) is 5.69 Å². The van der Waals surface area contributed by atoms with Crippen LogP contribution in [0.2, 0.25) is 0 Å². The number of hydrogen-bond acceptors (Lipinski definition) is 3. The zero-order valence-electron chi connectivity index (χ0n) is 11.1. The van der Waals surface area contributed by atoms with Crippen molar-refractivity contribution in [3.05, 3.63) is 46.7 Å². The lowest BCUT2D eigenvalue weighted by Gasteiger charge is -2.06. The van der Waals surface area contributed by atoms with Gasteiger partial charge in [-0.25, -0.2) is 13.2 Å². The fourth-order valence-electron chi connectivity index (χ4n) is 1.80. The number of hydrogen-bond donors (Lipinski definition) is 2. The molecule has 1 aromatic carbocycles. The summed E-state index contributed by atoms with van der Waals surface area (Å²) in [4.78, 5) is 11.0. The Bertz CT molecular complexity index is 766. The van der Waals surface area contributed by atoms with Crippen LogP contribution in [-0.4, -0.2) is 24.1 Å². The van der Waals surface area contributed by atoms with E-state index in [4.69, 9.17) is 5.11 Å². The zero-order valence-corrected chi connectivity index (χ0v) is 13.5. The van der Waals surface area contributed by atoms with Crippen molar-refractivity contribution in [2.24, 2.45) is 0 Å². The average Bonchev–Trinajstić information content (AvgIpc) is 2.86. The summed E-state index contributed by atoms with van der Waals surface area (Å²) < 4.78 is 29.1. The fourth-order valence-corrected chi connectivity index (χ4v) is 3.16. The smallest absolute Gasteiger partial charge is 0.352 e. The lowest BCUT2D eigenvalue weighted by Crippen LogP contribution is -2.12. The maximum atomic E-state index is 12.3. The van der Waals surface area contributed by atoms with Gasteiger partial charge in [0.25, 0.3) is 10.0 Å². The monoisotopic (exact) mass is 372 g/mol. The third-order valence-electron chi connectivity index (χ3n) is 2.84. The van der Waals surface area contributed by atoms with E-state index in [1.807, 2.05) is 0 Å². The number of sulfonamides is 1. The molecule has 1 heterocycles. The van der Waals surface area contributed by atoms with Gasteiger partial charge in [-0.1, -0.05) is 15.9 Å². The summed E-state index contributed by atoms with van der Waals surface area (Å²) in [5.74, 6) is -1.16. The highest BCUT2D eigenvalue weighted by Gasteiger charge is 2.21. The van der Waals surface area contributed by atoms with Crippen LogP contribution in [0, 0.1) is 0 Å². The van der Waals surface area contributed by atoms with Crippen LogP contribution >= 0.6 is 15.9 Å². The number of carboxylic acids is 1. The van der Waals surface area contributed by atoms with Crippen LogP contribution in [0.5, 0.6) is 0 Å². The molecule has 8 heteroatoms. The van der Waals surface area contributed by atoms with Crippen molar-refractivity contribution >= 4 is 37.6 Å². The summed E-state index contributed by atoms with van der Waals surface area (Å²) in [6.45, 7) is 2.11. The summed E-state index contributed by atoms with van der Waals surface area (Å²) in [6, 6.07) is 7.77. The number of halogens is 1. The molecule has 2 rings (SSSR count). The molecule has 0 aliphatic heterocycles. The van der Waals surface area contributed by atoms with Gasteiger partial charge in [0.2, 0.25) is 0 Å². The Morgan fingerprint density at radius 2 is 1.95 bits per heavy atom. The van der Waals surface area contributed by atoms with Crippen LogP contribution in [0.3, 0.4) is 0 Å². The molecule has 0 atom stereocenters. The minimum atomic E-state index is -3.82. The highest BCUT2D eigenvalue weighted by atomic mass is 79.9. The first kappa shape index (κ1) is 15.6. The third-order valence-corrected chi connectivity index (χ3v) is 4.71. The quantitative estimate of drug-likeness (QED) is 0.844. The molecule has 0 bridgehead atoms. The molecule has 21 heavy (non-hydrogen) atoms. The van der Waals surface area contributed by atoms with Gasteiger partial charge in [0.15, 0.2) is 0 Å². The molecule has 2 aromatic rings. The Kier molecular flexibility index (Phi) is 4.38. The van der Waals surface area contributed by atoms with E-state index in [2.05, 4.69) is 20.7 Å². The lowest BCUT2D eigenvalue weighted by molar-refractivity contribution is 0.0685. The summed E-state index contributed by atoms with van der Waals surface area (Å²) in [5.41, 5.74) is 0.341. The van der Waals surface area contributed by atoms with Gasteiger partial charge < -0.3 is 9.67 Å². The Labute approximate surface area is 130 Å². The number of carboxylic acid groups (broad SMARTS) is 1. The van der Waals surface area contributed by atoms with Gasteiger partial charge in [0, 0.05) is 22.9 Å². The number of aryl methyl sites for hydroxylation is 1. The molecule has 0 saturated heterocycles. The number of aromatic nitrogens is 1. The van der Waals surface area contributed by atoms with Gasteiger partial charge in [-0.3, -0.25) is 4.72 Å². The van der Waals surface area contributed by atoms with Crippen molar-refractivity contribution in [3.8, 4) is 0 Å². The van der Waals surface area contributed by atoms with E-state index in [9.17, 15) is 13.2 Å². The Morgan fingerprint density at radius 3 is 2.43 bits per heavy atom. The second kappa shape index (κ2) is 5.90. The van der Waals surface area contributed by atoms with Gasteiger partial charge in [0.1, 0.15) is 10.6 Å². The van der Waals surface area contributed by atoms with Gasteiger partial charge in [0.05, 0.1) is 0 Å². The van der Waals surface area contributed by atoms with Crippen molar-refractivity contribution in [1.82, 2.24) is 4.57 Å². The standard InChI is InChI=1S/C13H13BrN2O4S/c1-2-16-8-11(7-12(16)13(17)18)21(19,20)15-10-5-3-9(14)4-6-10/h3-8,15H,2H2,1H3,(H,17,18). The SMILES string of the molecule is CCn1cc(S(=O)(=O)Nc2ccc(Br)cc2)cc1C(=O)O. The van der Waals surface area contributed by atoms with E-state index in [0.717, 1.165) is 10.5 Å². The second-order valence-electron chi connectivity index (χ2n) is 4.26. The Morgan fingerprint density at radius 1 is 1.33 bits per heavy atom. The van der Waals surface area contributed by atoms with Gasteiger partial charge in [-0.2, -0.15) is 0 Å². The number of anilines is 1. The highest BCUT2D eigenvalue weighted by Crippen LogP contribution is 2.20. The molecule has 0 radical (unpaired) electrons. The summed E-state index contributed by atoms with van der Waals surface area (Å²) in [7, 11) is -3.82. The van der Waals surface area contributed by atoms with Crippen molar-refractivity contribution in [1.29, 1.82) is 0 Å². The lowest BCUT2D eigenvalue weighted by atomic mass is 10.3. The van der Waals surface area contributed by atoms with Gasteiger partial charge in [-0.05, 0) is 37.3 Å². The molecule has 0 aliphatic carbocycles. The van der Waals surface area contributed by atoms with E-state index in [1.54, 1.807) is 31.2 Å². The fraction of sp³-hybridized carbons (Fsp3) is 0.154. The zero-order chi connectivity index (χ0) is 15.6. The molecular formula is C13H13BrN2O4S. The number of nitrogens with zero attached hydrogens (tertiary/aromatic N) is 1. The molecule has 0 aliphatic rings. The predicted molar refractivity (Wildman–Crippen MR) is 82.0 cm³/mol. The number of rotatable bonds is 5. The number of carbonyl (C=O) groups is 1. The van der Waals surface area contributed by atoms with E-state index in [1.165, 1.54) is 10.8 Å². The molecule has 112 valence electrons. The molecule has 6 nitrogen and oxygen atoms in total. The summed E-state index contributed by atoms with van der Waals surface area (Å²) >= 11 is 3.26. The van der Waals surface area contributed by atoms with Crippen molar-refractivity contribution in [2.45, 2.75) is 18.4 Å². The Balaban J connectivity index is 2.35. The molecular weight excluding hydrogens is 360 g/mol. The van der Waals surface area contributed by atoms with Crippen LogP contribution < -0.4 is 4.72 Å². The second-order valence-corrected chi connectivity index (χ2v) is 6.86. The molecule has 0 saturated carbocycles. The topological polar surface area (TPSA) is 88.4 Å². The molecule has 1 aromatic heterocycles. The first-order chi connectivity index (χ1) is 9.83. The third kappa shape index (κ3) is 3.45. The summed E-state index contributed by atoms with van der Waals surface area (Å²) in [6.07, 6.45) is 1.31. The summed E-state index contributed by atoms with van der Waals surface area (Å²) in [5, 5.41) is 9.05. The first-order valence-electron chi connectivity index (χ1n) is 6.05. The minimum Gasteiger partial charge on any atom is -0.477 e. The van der Waals surface area contributed by atoms with E-state index < -0.39 is 16.0 Å². The maximum absolute atomic E-state index is 12.3. The number of nitrogens with one attached hydrogen (secondary N) is 1. The van der Waals surface area contributed by atoms with Crippen LogP contribution in [0.15, 0.2) is 45.9 Å².